The molecule has 5 aliphatic rings. The van der Waals surface area contributed by atoms with Gasteiger partial charge in [-0.15, -0.1) is 0 Å². The van der Waals surface area contributed by atoms with Crippen molar-refractivity contribution >= 4 is 34.8 Å². The molecule has 0 aromatic heterocycles. The van der Waals surface area contributed by atoms with Gasteiger partial charge in [0.05, 0.1) is 59.7 Å². The number of methoxy groups -OCH3 is 2. The monoisotopic (exact) mass is 736 g/mol. The van der Waals surface area contributed by atoms with Crippen LogP contribution in [0.3, 0.4) is 0 Å². The van der Waals surface area contributed by atoms with Crippen LogP contribution in [0.25, 0.3) is 0 Å². The minimum Gasteiger partial charge on any atom is -0.507 e. The van der Waals surface area contributed by atoms with Gasteiger partial charge < -0.3 is 49.7 Å². The molecule has 2 aliphatic heterocycles. The smallest absolute Gasteiger partial charge is 0.257 e. The van der Waals surface area contributed by atoms with Crippen LogP contribution in [-0.2, 0) is 26.2 Å². The molecule has 2 fully saturated rings. The van der Waals surface area contributed by atoms with Crippen molar-refractivity contribution in [2.45, 2.75) is 81.4 Å². The summed E-state index contributed by atoms with van der Waals surface area (Å²) in [7, 11) is 2.30. The van der Waals surface area contributed by atoms with Gasteiger partial charge in [0, 0.05) is 50.4 Å². The van der Waals surface area contributed by atoms with Crippen molar-refractivity contribution in [3.05, 3.63) is 56.6 Å². The molecule has 16 nitrogen and oxygen atoms in total. The Kier molecular flexibility index (Phi) is 8.96. The number of aryl methyl sites for hydroxylation is 1. The van der Waals surface area contributed by atoms with Crippen LogP contribution in [-0.4, -0.2) is 140 Å². The van der Waals surface area contributed by atoms with Crippen LogP contribution >= 0.6 is 0 Å². The minimum absolute atomic E-state index is 0.0474. The maximum Gasteiger partial charge on any atom is 0.257 e. The molecule has 0 unspecified atom stereocenters. The Hall–Kier alpha value is -4.42. The number of aliphatic hydroxyl groups excluding tert-OH is 3. The van der Waals surface area contributed by atoms with Crippen LogP contribution in [0.5, 0.6) is 11.5 Å². The summed E-state index contributed by atoms with van der Waals surface area (Å²) in [6.07, 6.45) is -5.71. The number of nitrogens with zero attached hydrogens (tertiary/aromatic N) is 2. The van der Waals surface area contributed by atoms with Crippen LogP contribution in [0.4, 0.5) is 0 Å². The first-order valence-electron chi connectivity index (χ1n) is 17.3. The highest BCUT2D eigenvalue weighted by Gasteiger charge is 2.72. The van der Waals surface area contributed by atoms with Crippen molar-refractivity contribution in [3.8, 4) is 11.5 Å². The largest absolute Gasteiger partial charge is 0.507 e. The average Bonchev–Trinajstić information content (AvgIpc) is 3.65. The van der Waals surface area contributed by atoms with Gasteiger partial charge in [-0.05, 0) is 43.9 Å². The van der Waals surface area contributed by atoms with Gasteiger partial charge in [0.1, 0.15) is 17.6 Å². The number of fused-ring (bicyclic) bond motifs is 5. The number of rotatable bonds is 5. The standard InChI is InChI=1S/C37H40N2O14/c1-14-9-16-10-22(42)37(52-4)33(48)25-18(32(47)36(37,50)26(16)30(46)23(14)35(49)39-7-5-6-8-39)11-17-24(29(25)45)21(41)12-20(27(17)43)38-34-19(13-40)28(44)31(51-3)15(2)53-34/h9,11,15,19,22,28,31,34,40,42,44-46,50H,5-8,10,12-13H2,1-4H3/t15-,19+,22+,28-,31-,34-,36-,37+/m0/s1. The van der Waals surface area contributed by atoms with Gasteiger partial charge in [0.2, 0.25) is 17.3 Å². The normalized spacial score (nSPS) is 33.1. The topological polar surface area (TPSA) is 250 Å². The molecule has 2 aromatic carbocycles. The summed E-state index contributed by atoms with van der Waals surface area (Å²) in [5.74, 6) is -7.98. The van der Waals surface area contributed by atoms with Crippen LogP contribution < -0.4 is 0 Å². The number of ether oxygens (including phenoxy) is 3. The van der Waals surface area contributed by atoms with Gasteiger partial charge in [-0.2, -0.15) is 0 Å². The summed E-state index contributed by atoms with van der Waals surface area (Å²) >= 11 is 0. The predicted molar refractivity (Wildman–Crippen MR) is 181 cm³/mol. The van der Waals surface area contributed by atoms with Gasteiger partial charge in [-0.3, -0.25) is 29.0 Å². The highest BCUT2D eigenvalue weighted by molar-refractivity contribution is 6.53. The fraction of sp³-hybridized carbons (Fsp3) is 0.514. The van der Waals surface area contributed by atoms with Gasteiger partial charge in [-0.1, -0.05) is 6.07 Å². The number of amides is 1. The molecule has 2 aromatic rings. The molecule has 2 saturated heterocycles. The summed E-state index contributed by atoms with van der Waals surface area (Å²) in [5, 5.41) is 68.4. The lowest BCUT2D eigenvalue weighted by molar-refractivity contribution is -0.206. The molecule has 0 saturated carbocycles. The van der Waals surface area contributed by atoms with Gasteiger partial charge >= 0.3 is 0 Å². The maximum absolute atomic E-state index is 14.8. The van der Waals surface area contributed by atoms with Crippen LogP contribution in [0.15, 0.2) is 17.1 Å². The van der Waals surface area contributed by atoms with Crippen molar-refractivity contribution in [1.29, 1.82) is 0 Å². The Morgan fingerprint density at radius 3 is 2.32 bits per heavy atom. The highest BCUT2D eigenvalue weighted by atomic mass is 16.6. The number of aliphatic imine (C=N–C) groups is 1. The molecule has 53 heavy (non-hydrogen) atoms. The Morgan fingerprint density at radius 1 is 1.02 bits per heavy atom. The van der Waals surface area contributed by atoms with Crippen LogP contribution in [0.1, 0.15) is 94.7 Å². The lowest BCUT2D eigenvalue weighted by Gasteiger charge is -2.53. The Balaban J connectivity index is 1.39. The summed E-state index contributed by atoms with van der Waals surface area (Å²) in [6, 6.07) is 2.30. The zero-order valence-electron chi connectivity index (χ0n) is 29.4. The van der Waals surface area contributed by atoms with Crippen molar-refractivity contribution in [3.63, 3.8) is 0 Å². The molecule has 2 heterocycles. The zero-order chi connectivity index (χ0) is 38.5. The third-order valence-corrected chi connectivity index (χ3v) is 11.6. The molecule has 6 N–H and O–H groups in total. The van der Waals surface area contributed by atoms with E-state index < -0.39 is 141 Å². The molecular weight excluding hydrogens is 696 g/mol. The summed E-state index contributed by atoms with van der Waals surface area (Å²) in [6.45, 7) is 3.33. The number of benzene rings is 2. The van der Waals surface area contributed by atoms with E-state index in [0.29, 0.717) is 18.7 Å². The van der Waals surface area contributed by atoms with Gasteiger partial charge in [0.15, 0.2) is 23.2 Å². The molecule has 0 spiro atoms. The van der Waals surface area contributed by atoms with Crippen molar-refractivity contribution in [2.75, 3.05) is 33.9 Å². The second kappa shape index (κ2) is 12.9. The molecule has 7 rings (SSSR count). The van der Waals surface area contributed by atoms with Crippen molar-refractivity contribution in [2.24, 2.45) is 10.9 Å². The molecule has 0 bridgehead atoms. The maximum atomic E-state index is 14.8. The Morgan fingerprint density at radius 2 is 1.70 bits per heavy atom. The van der Waals surface area contributed by atoms with Gasteiger partial charge in [-0.25, -0.2) is 0 Å². The number of phenols is 2. The van der Waals surface area contributed by atoms with Crippen LogP contribution in [0, 0.1) is 12.8 Å². The van der Waals surface area contributed by atoms with E-state index in [1.807, 2.05) is 0 Å². The minimum atomic E-state index is -3.20. The number of ketones is 4. The second-order valence-corrected chi connectivity index (χ2v) is 14.3. The first kappa shape index (κ1) is 36.9. The average molecular weight is 737 g/mol. The lowest BCUT2D eigenvalue weighted by Crippen LogP contribution is -2.73. The molecule has 1 amide bonds. The van der Waals surface area contributed by atoms with E-state index in [4.69, 9.17) is 14.2 Å². The van der Waals surface area contributed by atoms with E-state index in [0.717, 1.165) is 26.0 Å². The molecular formula is C37H40N2O14. The van der Waals surface area contributed by atoms with Crippen LogP contribution in [0.2, 0.25) is 0 Å². The van der Waals surface area contributed by atoms with Gasteiger partial charge in [0.25, 0.3) is 5.91 Å². The number of phenolic OH excluding ortho intramolecular Hbond substituents is 2. The number of carbonyl (C=O) groups excluding carboxylic acids is 5. The zero-order valence-corrected chi connectivity index (χ0v) is 29.4. The summed E-state index contributed by atoms with van der Waals surface area (Å²) < 4.78 is 16.7. The number of Topliss-reactive ketones (excluding diaryl/α,β-unsaturated/α-hetero) is 4. The number of likely N-dealkylation sites (tertiary alicyclic amines) is 1. The highest BCUT2D eigenvalue weighted by Crippen LogP contribution is 2.56. The van der Waals surface area contributed by atoms with Crippen molar-refractivity contribution in [1.82, 2.24) is 4.90 Å². The summed E-state index contributed by atoms with van der Waals surface area (Å²) in [4.78, 5) is 76.4. The van der Waals surface area contributed by atoms with E-state index in [2.05, 4.69) is 4.99 Å². The van der Waals surface area contributed by atoms with E-state index in [1.165, 1.54) is 18.1 Å². The van der Waals surface area contributed by atoms with E-state index in [1.54, 1.807) is 13.8 Å². The Labute approximate surface area is 302 Å². The van der Waals surface area contributed by atoms with Crippen molar-refractivity contribution < 1.29 is 68.8 Å². The van der Waals surface area contributed by atoms with E-state index >= 15 is 0 Å². The predicted octanol–water partition coefficient (Wildman–Crippen LogP) is 0.151. The molecule has 282 valence electrons. The third-order valence-electron chi connectivity index (χ3n) is 11.6. The molecule has 8 atom stereocenters. The number of hydrogen-bond acceptors (Lipinski definition) is 15. The fourth-order valence-electron chi connectivity index (χ4n) is 8.93. The Bertz CT molecular complexity index is 2020. The number of carbonyl (C=O) groups is 5. The second-order valence-electron chi connectivity index (χ2n) is 14.3. The van der Waals surface area contributed by atoms with E-state index in [9.17, 15) is 54.6 Å². The SMILES string of the molecule is CO[C@@H]1[C@@H](O)[C@@H](CO)[C@@H](N=C2CC(=O)c3c(cc4c(c3O)C(=O)[C@]3(OC)[C@H](O)Cc5cc(C)c(C(=O)N6CCCC6)c(O)c5[C@]3(O)C4=O)C2=O)O[C@H]1C. The number of aliphatic hydroxyl groups is 4. The lowest BCUT2D eigenvalue weighted by atomic mass is 9.56. The number of hydrogen-bond donors (Lipinski definition) is 6. The molecule has 0 radical (unpaired) electrons. The first-order chi connectivity index (χ1) is 25.1. The summed E-state index contributed by atoms with van der Waals surface area (Å²) in [5.41, 5.74) is -9.55. The molecule has 16 heteroatoms. The fourth-order valence-corrected chi connectivity index (χ4v) is 8.93. The number of aromatic hydroxyl groups is 2. The molecule has 3 aliphatic carbocycles. The van der Waals surface area contributed by atoms with E-state index in [-0.39, 0.29) is 11.1 Å². The third kappa shape index (κ3) is 4.86. The quantitative estimate of drug-likeness (QED) is 0.239. The first-order valence-corrected chi connectivity index (χ1v) is 17.3.